The number of Topliss-reactive ketones (excluding diaryl/α,β-unsaturated/α-hetero) is 1. The maximum Gasteiger partial charge on any atom is 0.247 e. The molecule has 0 saturated carbocycles. The summed E-state index contributed by atoms with van der Waals surface area (Å²) >= 11 is 0. The van der Waals surface area contributed by atoms with Gasteiger partial charge < -0.3 is 18.6 Å². The van der Waals surface area contributed by atoms with Crippen molar-refractivity contribution in [3.05, 3.63) is 30.2 Å². The maximum absolute atomic E-state index is 11.1. The van der Waals surface area contributed by atoms with Crippen LogP contribution in [-0.2, 0) is 14.3 Å². The van der Waals surface area contributed by atoms with Crippen molar-refractivity contribution in [1.29, 1.82) is 0 Å². The van der Waals surface area contributed by atoms with E-state index in [2.05, 4.69) is 10.2 Å². The molecular weight excluding hydrogens is 336 g/mol. The minimum atomic E-state index is 0.0951. The molecule has 0 amide bonds. The number of rotatable bonds is 12. The third-order valence-electron chi connectivity index (χ3n) is 3.56. The molecule has 2 aromatic rings. The Kier molecular flexibility index (Phi) is 8.24. The van der Waals surface area contributed by atoms with Crippen LogP contribution >= 0.6 is 0 Å². The van der Waals surface area contributed by atoms with E-state index < -0.39 is 0 Å². The van der Waals surface area contributed by atoms with Crippen LogP contribution in [0.15, 0.2) is 28.7 Å². The number of carbonyl (C=O) groups is 1. The summed E-state index contributed by atoms with van der Waals surface area (Å²) < 4.78 is 21.8. The minimum Gasteiger partial charge on any atom is -0.491 e. The molecule has 0 aliphatic carbocycles. The second kappa shape index (κ2) is 10.7. The first-order chi connectivity index (χ1) is 12.6. The quantitative estimate of drug-likeness (QED) is 0.536. The molecule has 0 atom stereocenters. The van der Waals surface area contributed by atoms with E-state index >= 15 is 0 Å². The highest BCUT2D eigenvalue weighted by Gasteiger charge is 2.11. The van der Waals surface area contributed by atoms with Crippen LogP contribution in [0.3, 0.4) is 0 Å². The Balaban J connectivity index is 1.64. The molecule has 0 N–H and O–H groups in total. The van der Waals surface area contributed by atoms with Crippen LogP contribution in [0.5, 0.6) is 5.75 Å². The van der Waals surface area contributed by atoms with Gasteiger partial charge in [0.1, 0.15) is 19.0 Å². The van der Waals surface area contributed by atoms with Gasteiger partial charge in [0.2, 0.25) is 11.8 Å². The first kappa shape index (κ1) is 20.1. The Labute approximate surface area is 153 Å². The Morgan fingerprint density at radius 1 is 1.04 bits per heavy atom. The van der Waals surface area contributed by atoms with E-state index in [9.17, 15) is 4.79 Å². The molecule has 1 aromatic heterocycles. The number of carbonyl (C=O) groups excluding carboxylic acids is 1. The highest BCUT2D eigenvalue weighted by Crippen LogP contribution is 2.23. The van der Waals surface area contributed by atoms with Crippen molar-refractivity contribution in [3.8, 4) is 17.2 Å². The predicted molar refractivity (Wildman–Crippen MR) is 96.3 cm³/mol. The SMILES string of the molecule is CCC(=O)COCCOCCOc1ccc(-c2nnc(C(C)C)o2)cc1. The average molecular weight is 362 g/mol. The topological polar surface area (TPSA) is 83.7 Å². The third kappa shape index (κ3) is 6.57. The molecule has 1 heterocycles. The fraction of sp³-hybridized carbons (Fsp3) is 0.526. The second-order valence-electron chi connectivity index (χ2n) is 6.03. The lowest BCUT2D eigenvalue weighted by Gasteiger charge is -2.08. The number of ketones is 1. The van der Waals surface area contributed by atoms with Crippen LogP contribution in [0.1, 0.15) is 39.0 Å². The molecule has 0 unspecified atom stereocenters. The van der Waals surface area contributed by atoms with Crippen LogP contribution in [0, 0.1) is 0 Å². The highest BCUT2D eigenvalue weighted by atomic mass is 16.5. The van der Waals surface area contributed by atoms with Crippen molar-refractivity contribution in [3.63, 3.8) is 0 Å². The van der Waals surface area contributed by atoms with Gasteiger partial charge in [-0.25, -0.2) is 0 Å². The van der Waals surface area contributed by atoms with Crippen LogP contribution in [0.2, 0.25) is 0 Å². The minimum absolute atomic E-state index is 0.0951. The van der Waals surface area contributed by atoms with E-state index in [0.29, 0.717) is 44.6 Å². The molecule has 7 heteroatoms. The Bertz CT molecular complexity index is 667. The standard InChI is InChI=1S/C19H26N2O5/c1-4-16(22)13-24-10-9-23-11-12-25-17-7-5-15(6-8-17)19-21-20-18(26-19)14(2)3/h5-8,14H,4,9-13H2,1-3H3. The zero-order valence-electron chi connectivity index (χ0n) is 15.6. The predicted octanol–water partition coefficient (Wildman–Crippen LogP) is 3.25. The van der Waals surface area contributed by atoms with Crippen molar-refractivity contribution in [2.24, 2.45) is 0 Å². The number of hydrogen-bond donors (Lipinski definition) is 0. The molecule has 142 valence electrons. The molecule has 0 saturated heterocycles. The molecule has 0 spiro atoms. The van der Waals surface area contributed by atoms with E-state index in [1.54, 1.807) is 0 Å². The molecule has 2 rings (SSSR count). The number of hydrogen-bond acceptors (Lipinski definition) is 7. The van der Waals surface area contributed by atoms with E-state index in [1.807, 2.05) is 45.0 Å². The lowest BCUT2D eigenvalue weighted by Crippen LogP contribution is -2.13. The van der Waals surface area contributed by atoms with Crippen LogP contribution in [-0.4, -0.2) is 49.0 Å². The van der Waals surface area contributed by atoms with Gasteiger partial charge in [0.25, 0.3) is 0 Å². The molecule has 26 heavy (non-hydrogen) atoms. The Morgan fingerprint density at radius 3 is 2.38 bits per heavy atom. The molecular formula is C19H26N2O5. The van der Waals surface area contributed by atoms with Gasteiger partial charge in [-0.3, -0.25) is 4.79 Å². The first-order valence-corrected chi connectivity index (χ1v) is 8.84. The Morgan fingerprint density at radius 2 is 1.73 bits per heavy atom. The summed E-state index contributed by atoms with van der Waals surface area (Å²) in [5.74, 6) is 2.17. The monoisotopic (exact) mass is 362 g/mol. The summed E-state index contributed by atoms with van der Waals surface area (Å²) in [5, 5.41) is 8.08. The molecule has 0 fully saturated rings. The zero-order valence-corrected chi connectivity index (χ0v) is 15.6. The van der Waals surface area contributed by atoms with Gasteiger partial charge in [0.05, 0.1) is 19.8 Å². The molecule has 1 aromatic carbocycles. The Hall–Kier alpha value is -2.25. The second-order valence-corrected chi connectivity index (χ2v) is 6.03. The summed E-state index contributed by atoms with van der Waals surface area (Å²) in [6, 6.07) is 7.47. The highest BCUT2D eigenvalue weighted by molar-refractivity contribution is 5.79. The van der Waals surface area contributed by atoms with Gasteiger partial charge in [-0.15, -0.1) is 10.2 Å². The number of benzene rings is 1. The van der Waals surface area contributed by atoms with Gasteiger partial charge in [-0.1, -0.05) is 20.8 Å². The summed E-state index contributed by atoms with van der Waals surface area (Å²) in [6.45, 7) is 7.72. The van der Waals surface area contributed by atoms with Crippen molar-refractivity contribution < 1.29 is 23.4 Å². The summed E-state index contributed by atoms with van der Waals surface area (Å²) in [5.41, 5.74) is 0.853. The van der Waals surface area contributed by atoms with Gasteiger partial charge in [-0.05, 0) is 24.3 Å². The smallest absolute Gasteiger partial charge is 0.247 e. The van der Waals surface area contributed by atoms with Gasteiger partial charge in [0, 0.05) is 17.9 Å². The lowest BCUT2D eigenvalue weighted by atomic mass is 10.2. The zero-order chi connectivity index (χ0) is 18.8. The van der Waals surface area contributed by atoms with Gasteiger partial charge in [0.15, 0.2) is 5.78 Å². The summed E-state index contributed by atoms with van der Waals surface area (Å²) in [6.07, 6.45) is 0.499. The number of nitrogens with zero attached hydrogens (tertiary/aromatic N) is 2. The van der Waals surface area contributed by atoms with Crippen LogP contribution in [0.4, 0.5) is 0 Å². The third-order valence-corrected chi connectivity index (χ3v) is 3.56. The van der Waals surface area contributed by atoms with Gasteiger partial charge >= 0.3 is 0 Å². The van der Waals surface area contributed by atoms with Crippen LogP contribution in [0.25, 0.3) is 11.5 Å². The maximum atomic E-state index is 11.1. The largest absolute Gasteiger partial charge is 0.491 e. The molecule has 7 nitrogen and oxygen atoms in total. The van der Waals surface area contributed by atoms with E-state index in [1.165, 1.54) is 0 Å². The fourth-order valence-corrected chi connectivity index (χ4v) is 2.00. The number of aromatic nitrogens is 2. The van der Waals surface area contributed by atoms with Crippen LogP contribution < -0.4 is 4.74 Å². The molecule has 0 aliphatic rings. The van der Waals surface area contributed by atoms with E-state index in [4.69, 9.17) is 18.6 Å². The van der Waals surface area contributed by atoms with Crippen molar-refractivity contribution in [1.82, 2.24) is 10.2 Å². The van der Waals surface area contributed by atoms with Crippen molar-refractivity contribution in [2.45, 2.75) is 33.1 Å². The fourth-order valence-electron chi connectivity index (χ4n) is 2.00. The lowest BCUT2D eigenvalue weighted by molar-refractivity contribution is -0.123. The number of ether oxygens (including phenoxy) is 3. The van der Waals surface area contributed by atoms with E-state index in [0.717, 1.165) is 11.3 Å². The summed E-state index contributed by atoms with van der Waals surface area (Å²) in [7, 11) is 0. The van der Waals surface area contributed by atoms with Crippen molar-refractivity contribution in [2.75, 3.05) is 33.0 Å². The van der Waals surface area contributed by atoms with Crippen molar-refractivity contribution >= 4 is 5.78 Å². The first-order valence-electron chi connectivity index (χ1n) is 8.84. The molecule has 0 aliphatic heterocycles. The normalized spacial score (nSPS) is 11.1. The summed E-state index contributed by atoms with van der Waals surface area (Å²) in [4.78, 5) is 11.1. The van der Waals surface area contributed by atoms with E-state index in [-0.39, 0.29) is 18.3 Å². The molecule has 0 bridgehead atoms. The van der Waals surface area contributed by atoms with Gasteiger partial charge in [-0.2, -0.15) is 0 Å². The average Bonchev–Trinajstić information content (AvgIpc) is 3.14. The molecule has 0 radical (unpaired) electrons.